The van der Waals surface area contributed by atoms with Gasteiger partial charge in [-0.25, -0.2) is 0 Å². The van der Waals surface area contributed by atoms with E-state index in [1.54, 1.807) is 4.90 Å². The number of amides is 1. The van der Waals surface area contributed by atoms with Gasteiger partial charge in [-0.1, -0.05) is 11.6 Å². The van der Waals surface area contributed by atoms with Crippen molar-refractivity contribution in [1.29, 1.82) is 0 Å². The second kappa shape index (κ2) is 6.03. The number of hydrogen-bond donors (Lipinski definition) is 1. The quantitative estimate of drug-likeness (QED) is 0.903. The molecule has 1 aromatic carbocycles. The van der Waals surface area contributed by atoms with Crippen LogP contribution in [0.4, 0.5) is 0 Å². The third-order valence-corrected chi connectivity index (χ3v) is 3.86. The molecule has 1 aliphatic rings. The number of aliphatic hydroxyl groups is 1. The number of morpholine rings is 1. The molecule has 0 bridgehead atoms. The van der Waals surface area contributed by atoms with Gasteiger partial charge in [0.1, 0.15) is 0 Å². The minimum Gasteiger partial charge on any atom is -0.394 e. The zero-order chi connectivity index (χ0) is 14.0. The molecule has 2 atom stereocenters. The van der Waals surface area contributed by atoms with Gasteiger partial charge in [0.15, 0.2) is 0 Å². The van der Waals surface area contributed by atoms with Gasteiger partial charge in [0.25, 0.3) is 5.91 Å². The molecule has 1 saturated heterocycles. The maximum atomic E-state index is 12.5. The first-order valence-electron chi connectivity index (χ1n) is 6.33. The third kappa shape index (κ3) is 3.35. The number of carbonyl (C=O) groups excluding carboxylic acids is 1. The monoisotopic (exact) mass is 327 g/mol. The van der Waals surface area contributed by atoms with Crippen LogP contribution in [0.3, 0.4) is 0 Å². The predicted octanol–water partition coefficient (Wildman–Crippen LogP) is 1.98. The highest BCUT2D eigenvalue weighted by molar-refractivity contribution is 9.10. The van der Waals surface area contributed by atoms with Crippen molar-refractivity contribution in [2.75, 3.05) is 19.7 Å². The Bertz CT molecular complexity index is 478. The molecule has 1 fully saturated rings. The lowest BCUT2D eigenvalue weighted by Crippen LogP contribution is -2.50. The van der Waals surface area contributed by atoms with Crippen LogP contribution in [0.15, 0.2) is 22.7 Å². The van der Waals surface area contributed by atoms with Gasteiger partial charge in [0, 0.05) is 17.6 Å². The first-order chi connectivity index (χ1) is 9.01. The Morgan fingerprint density at radius 3 is 2.95 bits per heavy atom. The number of hydrogen-bond acceptors (Lipinski definition) is 3. The van der Waals surface area contributed by atoms with Crippen molar-refractivity contribution in [3.05, 3.63) is 33.8 Å². The van der Waals surface area contributed by atoms with Crippen molar-refractivity contribution in [2.24, 2.45) is 0 Å². The second-order valence-corrected chi connectivity index (χ2v) is 5.80. The average molecular weight is 328 g/mol. The molecule has 1 heterocycles. The fraction of sp³-hybridized carbons (Fsp3) is 0.500. The third-order valence-electron chi connectivity index (χ3n) is 3.17. The van der Waals surface area contributed by atoms with E-state index in [0.717, 1.165) is 10.0 Å². The number of aliphatic hydroxyl groups excluding tert-OH is 1. The lowest BCUT2D eigenvalue weighted by molar-refractivity contribution is -0.0858. The van der Waals surface area contributed by atoms with Crippen LogP contribution in [-0.2, 0) is 4.74 Å². The van der Waals surface area contributed by atoms with Gasteiger partial charge in [-0.05, 0) is 41.9 Å². The molecular weight excluding hydrogens is 310 g/mol. The van der Waals surface area contributed by atoms with Crippen LogP contribution in [-0.4, -0.2) is 47.8 Å². The lowest BCUT2D eigenvalue weighted by Gasteiger charge is -2.36. The van der Waals surface area contributed by atoms with E-state index in [0.29, 0.717) is 18.7 Å². The van der Waals surface area contributed by atoms with Crippen LogP contribution in [0.25, 0.3) is 0 Å². The number of nitrogens with zero attached hydrogens (tertiary/aromatic N) is 1. The molecule has 19 heavy (non-hydrogen) atoms. The molecule has 0 saturated carbocycles. The standard InChI is InChI=1S/C14H18BrNO3/c1-9-3-4-13(15)12(5-9)14(18)16-6-10(2)19-11(7-16)8-17/h3-5,10-11,17H,6-8H2,1-2H3. The summed E-state index contributed by atoms with van der Waals surface area (Å²) in [4.78, 5) is 14.3. The fourth-order valence-electron chi connectivity index (χ4n) is 2.29. The Morgan fingerprint density at radius 2 is 2.26 bits per heavy atom. The zero-order valence-corrected chi connectivity index (χ0v) is 12.7. The van der Waals surface area contributed by atoms with Crippen molar-refractivity contribution < 1.29 is 14.6 Å². The van der Waals surface area contributed by atoms with Gasteiger partial charge in [-0.2, -0.15) is 0 Å². The number of carbonyl (C=O) groups is 1. The van der Waals surface area contributed by atoms with Gasteiger partial charge in [-0.15, -0.1) is 0 Å². The molecule has 2 unspecified atom stereocenters. The largest absolute Gasteiger partial charge is 0.394 e. The molecule has 0 radical (unpaired) electrons. The maximum Gasteiger partial charge on any atom is 0.255 e. The van der Waals surface area contributed by atoms with Crippen molar-refractivity contribution in [1.82, 2.24) is 4.90 Å². The van der Waals surface area contributed by atoms with Gasteiger partial charge < -0.3 is 14.7 Å². The summed E-state index contributed by atoms with van der Waals surface area (Å²) in [7, 11) is 0. The Morgan fingerprint density at radius 1 is 1.53 bits per heavy atom. The van der Waals surface area contributed by atoms with Crippen LogP contribution in [0, 0.1) is 6.92 Å². The minimum atomic E-state index is -0.295. The first kappa shape index (κ1) is 14.5. The highest BCUT2D eigenvalue weighted by Gasteiger charge is 2.29. The summed E-state index contributed by atoms with van der Waals surface area (Å²) in [5, 5.41) is 9.21. The van der Waals surface area contributed by atoms with Crippen molar-refractivity contribution in [3.8, 4) is 0 Å². The van der Waals surface area contributed by atoms with Crippen molar-refractivity contribution in [3.63, 3.8) is 0 Å². The molecule has 1 aliphatic heterocycles. The predicted molar refractivity (Wildman–Crippen MR) is 76.2 cm³/mol. The Kier molecular flexibility index (Phi) is 4.60. The van der Waals surface area contributed by atoms with Gasteiger partial charge >= 0.3 is 0 Å². The summed E-state index contributed by atoms with van der Waals surface area (Å²) >= 11 is 3.42. The van der Waals surface area contributed by atoms with E-state index in [1.807, 2.05) is 32.0 Å². The molecule has 0 aromatic heterocycles. The summed E-state index contributed by atoms with van der Waals surface area (Å²) in [6, 6.07) is 5.72. The van der Waals surface area contributed by atoms with Crippen LogP contribution < -0.4 is 0 Å². The molecule has 0 spiro atoms. The smallest absolute Gasteiger partial charge is 0.255 e. The van der Waals surface area contributed by atoms with Crippen LogP contribution in [0.1, 0.15) is 22.8 Å². The molecule has 2 rings (SSSR count). The highest BCUT2D eigenvalue weighted by Crippen LogP contribution is 2.22. The van der Waals surface area contributed by atoms with E-state index < -0.39 is 0 Å². The van der Waals surface area contributed by atoms with Gasteiger partial charge in [0.05, 0.1) is 24.4 Å². The molecular formula is C14H18BrNO3. The first-order valence-corrected chi connectivity index (χ1v) is 7.12. The van der Waals surface area contributed by atoms with Crippen LogP contribution in [0.2, 0.25) is 0 Å². The molecule has 1 N–H and O–H groups in total. The summed E-state index contributed by atoms with van der Waals surface area (Å²) in [6.45, 7) is 4.79. The number of rotatable bonds is 2. The molecule has 4 nitrogen and oxygen atoms in total. The van der Waals surface area contributed by atoms with E-state index >= 15 is 0 Å². The topological polar surface area (TPSA) is 49.8 Å². The van der Waals surface area contributed by atoms with Crippen molar-refractivity contribution >= 4 is 21.8 Å². The molecule has 0 aliphatic carbocycles. The minimum absolute atomic E-state index is 0.0239. The highest BCUT2D eigenvalue weighted by atomic mass is 79.9. The summed E-state index contributed by atoms with van der Waals surface area (Å²) < 4.78 is 6.34. The number of halogens is 1. The Hall–Kier alpha value is -0.910. The molecule has 1 aromatic rings. The van der Waals surface area contributed by atoms with E-state index in [9.17, 15) is 9.90 Å². The van der Waals surface area contributed by atoms with Crippen LogP contribution in [0.5, 0.6) is 0 Å². The zero-order valence-electron chi connectivity index (χ0n) is 11.1. The summed E-state index contributed by atoms with van der Waals surface area (Å²) in [6.07, 6.45) is -0.352. The molecule has 104 valence electrons. The van der Waals surface area contributed by atoms with E-state index in [2.05, 4.69) is 15.9 Å². The lowest BCUT2D eigenvalue weighted by atomic mass is 10.1. The summed E-state index contributed by atoms with van der Waals surface area (Å²) in [5.41, 5.74) is 1.71. The SMILES string of the molecule is Cc1ccc(Br)c(C(=O)N2CC(C)OC(CO)C2)c1. The van der Waals surface area contributed by atoms with Gasteiger partial charge in [-0.3, -0.25) is 4.79 Å². The van der Waals surface area contributed by atoms with Crippen molar-refractivity contribution in [2.45, 2.75) is 26.1 Å². The van der Waals surface area contributed by atoms with E-state index in [4.69, 9.17) is 4.74 Å². The fourth-order valence-corrected chi connectivity index (χ4v) is 2.70. The number of aryl methyl sites for hydroxylation is 1. The van der Waals surface area contributed by atoms with E-state index in [-0.39, 0.29) is 24.7 Å². The Labute approximate surface area is 121 Å². The van der Waals surface area contributed by atoms with E-state index in [1.165, 1.54) is 0 Å². The summed E-state index contributed by atoms with van der Waals surface area (Å²) in [5.74, 6) is -0.0239. The van der Waals surface area contributed by atoms with Gasteiger partial charge in [0.2, 0.25) is 0 Å². The normalized spacial score (nSPS) is 23.5. The average Bonchev–Trinajstić information content (AvgIpc) is 2.40. The molecule has 1 amide bonds. The van der Waals surface area contributed by atoms with Crippen LogP contribution >= 0.6 is 15.9 Å². The maximum absolute atomic E-state index is 12.5. The second-order valence-electron chi connectivity index (χ2n) is 4.94. The Balaban J connectivity index is 2.21. The number of ether oxygens (including phenoxy) is 1. The molecule has 5 heteroatoms. The number of benzene rings is 1.